The lowest BCUT2D eigenvalue weighted by Gasteiger charge is -2.45. The third kappa shape index (κ3) is 3.54. The van der Waals surface area contributed by atoms with Crippen molar-refractivity contribution < 1.29 is 9.53 Å². The molecule has 4 nitrogen and oxygen atoms in total. The monoisotopic (exact) mass is 272 g/mol. The van der Waals surface area contributed by atoms with E-state index in [9.17, 15) is 4.79 Å². The van der Waals surface area contributed by atoms with Crippen LogP contribution in [0, 0.1) is 0 Å². The molecule has 2 aliphatic rings. The normalized spacial score (nSPS) is 29.4. The Kier molecular flexibility index (Phi) is 4.11. The van der Waals surface area contributed by atoms with Crippen molar-refractivity contribution in [2.75, 3.05) is 31.1 Å². The molecule has 0 aliphatic carbocycles. The zero-order chi connectivity index (χ0) is 13.2. The Bertz CT molecular complexity index is 303. The van der Waals surface area contributed by atoms with Gasteiger partial charge in [-0.15, -0.1) is 0 Å². The number of piperidine rings is 1. The Morgan fingerprint density at radius 3 is 2.83 bits per heavy atom. The lowest BCUT2D eigenvalue weighted by molar-refractivity contribution is 0.0127. The van der Waals surface area contributed by atoms with Gasteiger partial charge in [0.15, 0.2) is 0 Å². The second-order valence-electron chi connectivity index (χ2n) is 6.27. The number of carbonyl (C=O) groups excluding carboxylic acids is 1. The predicted octanol–water partition coefficient (Wildman–Crippen LogP) is 2.09. The number of nitrogens with one attached hydrogen (secondary N) is 1. The fraction of sp³-hybridized carbons (Fsp3) is 0.923. The maximum atomic E-state index is 12.1. The third-order valence-corrected chi connectivity index (χ3v) is 4.60. The number of carbonyl (C=O) groups is 1. The van der Waals surface area contributed by atoms with Gasteiger partial charge in [-0.05, 0) is 33.6 Å². The van der Waals surface area contributed by atoms with E-state index in [1.807, 2.05) is 37.4 Å². The van der Waals surface area contributed by atoms with Crippen molar-refractivity contribution in [3.05, 3.63) is 0 Å². The molecule has 5 heteroatoms. The summed E-state index contributed by atoms with van der Waals surface area (Å²) in [4.78, 5) is 14.0. The van der Waals surface area contributed by atoms with Crippen LogP contribution < -0.4 is 5.32 Å². The largest absolute Gasteiger partial charge is 0.444 e. The predicted molar refractivity (Wildman–Crippen MR) is 75.1 cm³/mol. The molecule has 1 N–H and O–H groups in total. The summed E-state index contributed by atoms with van der Waals surface area (Å²) in [5.41, 5.74) is -0.283. The number of ether oxygens (including phenoxy) is 1. The highest BCUT2D eigenvalue weighted by Gasteiger charge is 2.39. The number of nitrogens with zero attached hydrogens (tertiary/aromatic N) is 1. The van der Waals surface area contributed by atoms with Gasteiger partial charge in [0.05, 0.1) is 0 Å². The molecule has 2 aliphatic heterocycles. The summed E-state index contributed by atoms with van der Waals surface area (Å²) in [6.07, 6.45) is 2.06. The van der Waals surface area contributed by atoms with Crippen LogP contribution in [0.4, 0.5) is 4.79 Å². The molecule has 2 fully saturated rings. The lowest BCUT2D eigenvalue weighted by Crippen LogP contribution is -2.62. The van der Waals surface area contributed by atoms with Gasteiger partial charge in [0, 0.05) is 36.7 Å². The Labute approximate surface area is 114 Å². The van der Waals surface area contributed by atoms with Gasteiger partial charge in [-0.1, -0.05) is 0 Å². The van der Waals surface area contributed by atoms with E-state index in [0.717, 1.165) is 31.8 Å². The quantitative estimate of drug-likeness (QED) is 0.733. The first-order chi connectivity index (χ1) is 8.40. The molecule has 0 radical (unpaired) electrons. The number of rotatable bonds is 0. The molecule has 0 saturated carbocycles. The van der Waals surface area contributed by atoms with Gasteiger partial charge in [-0.3, -0.25) is 0 Å². The van der Waals surface area contributed by atoms with Crippen molar-refractivity contribution in [1.82, 2.24) is 10.2 Å². The summed E-state index contributed by atoms with van der Waals surface area (Å²) in [6, 6.07) is 0. The van der Waals surface area contributed by atoms with Crippen molar-refractivity contribution >= 4 is 17.9 Å². The second kappa shape index (κ2) is 5.29. The number of hydrogen-bond donors (Lipinski definition) is 1. The maximum absolute atomic E-state index is 12.1. The standard InChI is InChI=1S/C13H24N2O2S/c1-12(2,3)17-11(16)15-7-4-5-13(9-15)10-18-8-6-14-13/h14H,4-10H2,1-3H3. The number of thioether (sulfide) groups is 1. The Hall–Kier alpha value is -0.420. The molecule has 18 heavy (non-hydrogen) atoms. The minimum absolute atomic E-state index is 0.123. The van der Waals surface area contributed by atoms with Gasteiger partial charge in [-0.2, -0.15) is 11.8 Å². The minimum Gasteiger partial charge on any atom is -0.444 e. The van der Waals surface area contributed by atoms with Crippen molar-refractivity contribution in [3.63, 3.8) is 0 Å². The first-order valence-electron chi connectivity index (χ1n) is 6.71. The van der Waals surface area contributed by atoms with E-state index < -0.39 is 5.60 Å². The molecule has 2 rings (SSSR count). The van der Waals surface area contributed by atoms with E-state index in [2.05, 4.69) is 5.32 Å². The van der Waals surface area contributed by atoms with E-state index >= 15 is 0 Å². The molecule has 2 saturated heterocycles. The zero-order valence-corrected chi connectivity index (χ0v) is 12.4. The Morgan fingerprint density at radius 1 is 1.44 bits per heavy atom. The first kappa shape index (κ1) is 14.0. The second-order valence-corrected chi connectivity index (χ2v) is 7.37. The van der Waals surface area contributed by atoms with Crippen LogP contribution in [0.5, 0.6) is 0 Å². The molecule has 1 spiro atoms. The van der Waals surface area contributed by atoms with Crippen LogP contribution in [0.25, 0.3) is 0 Å². The molecular weight excluding hydrogens is 248 g/mol. The fourth-order valence-electron chi connectivity index (χ4n) is 2.58. The van der Waals surface area contributed by atoms with Crippen LogP contribution in [0.2, 0.25) is 0 Å². The van der Waals surface area contributed by atoms with Gasteiger partial charge < -0.3 is 15.0 Å². The molecule has 0 aromatic heterocycles. The van der Waals surface area contributed by atoms with Crippen LogP contribution in [-0.2, 0) is 4.74 Å². The van der Waals surface area contributed by atoms with Crippen LogP contribution in [-0.4, -0.2) is 53.3 Å². The van der Waals surface area contributed by atoms with Crippen LogP contribution in [0.1, 0.15) is 33.6 Å². The highest BCUT2D eigenvalue weighted by atomic mass is 32.2. The van der Waals surface area contributed by atoms with Gasteiger partial charge in [0.2, 0.25) is 0 Å². The number of likely N-dealkylation sites (tertiary alicyclic amines) is 1. The minimum atomic E-state index is -0.406. The van der Waals surface area contributed by atoms with Crippen LogP contribution in [0.3, 0.4) is 0 Å². The van der Waals surface area contributed by atoms with E-state index in [-0.39, 0.29) is 11.6 Å². The van der Waals surface area contributed by atoms with Crippen LogP contribution >= 0.6 is 11.8 Å². The molecule has 0 aromatic carbocycles. The Morgan fingerprint density at radius 2 is 2.22 bits per heavy atom. The summed E-state index contributed by atoms with van der Waals surface area (Å²) in [6.45, 7) is 8.41. The van der Waals surface area contributed by atoms with Gasteiger partial charge in [0.1, 0.15) is 5.60 Å². The molecule has 104 valence electrons. The van der Waals surface area contributed by atoms with Gasteiger partial charge >= 0.3 is 6.09 Å². The van der Waals surface area contributed by atoms with Gasteiger partial charge in [-0.25, -0.2) is 4.79 Å². The van der Waals surface area contributed by atoms with Gasteiger partial charge in [0.25, 0.3) is 0 Å². The molecule has 1 unspecified atom stereocenters. The summed E-state index contributed by atoms with van der Waals surface area (Å²) >= 11 is 1.99. The SMILES string of the molecule is CC(C)(C)OC(=O)N1CCCC2(CSCCN2)C1. The summed E-state index contributed by atoms with van der Waals surface area (Å²) in [7, 11) is 0. The average molecular weight is 272 g/mol. The smallest absolute Gasteiger partial charge is 0.410 e. The first-order valence-corrected chi connectivity index (χ1v) is 7.86. The molecular formula is C13H24N2O2S. The highest BCUT2D eigenvalue weighted by Crippen LogP contribution is 2.28. The van der Waals surface area contributed by atoms with E-state index in [0.29, 0.717) is 0 Å². The van der Waals surface area contributed by atoms with Crippen LogP contribution in [0.15, 0.2) is 0 Å². The summed E-state index contributed by atoms with van der Waals surface area (Å²) < 4.78 is 5.46. The van der Waals surface area contributed by atoms with Crippen molar-refractivity contribution in [3.8, 4) is 0 Å². The lowest BCUT2D eigenvalue weighted by atomic mass is 9.91. The van der Waals surface area contributed by atoms with E-state index in [1.165, 1.54) is 12.2 Å². The Balaban J connectivity index is 1.95. The summed E-state index contributed by atoms with van der Waals surface area (Å²) in [5, 5.41) is 3.61. The fourth-order valence-corrected chi connectivity index (χ4v) is 3.70. The molecule has 1 amide bonds. The van der Waals surface area contributed by atoms with Crippen molar-refractivity contribution in [2.24, 2.45) is 0 Å². The molecule has 0 bridgehead atoms. The summed E-state index contributed by atoms with van der Waals surface area (Å²) in [5.74, 6) is 2.28. The van der Waals surface area contributed by atoms with Crippen molar-refractivity contribution in [2.45, 2.75) is 44.8 Å². The highest BCUT2D eigenvalue weighted by molar-refractivity contribution is 7.99. The van der Waals surface area contributed by atoms with E-state index in [4.69, 9.17) is 4.74 Å². The molecule has 2 heterocycles. The molecule has 0 aromatic rings. The van der Waals surface area contributed by atoms with Crippen molar-refractivity contribution in [1.29, 1.82) is 0 Å². The topological polar surface area (TPSA) is 41.6 Å². The average Bonchev–Trinajstić information content (AvgIpc) is 2.28. The number of hydrogen-bond acceptors (Lipinski definition) is 4. The third-order valence-electron chi connectivity index (χ3n) is 3.35. The zero-order valence-electron chi connectivity index (χ0n) is 11.6. The molecule has 1 atom stereocenters. The number of amides is 1. The maximum Gasteiger partial charge on any atom is 0.410 e. The van der Waals surface area contributed by atoms with E-state index in [1.54, 1.807) is 0 Å².